The van der Waals surface area contributed by atoms with E-state index in [0.29, 0.717) is 19.3 Å². The van der Waals surface area contributed by atoms with Gasteiger partial charge in [-0.2, -0.15) is 0 Å². The predicted octanol–water partition coefficient (Wildman–Crippen LogP) is 1.17. The normalized spacial score (nSPS) is 13.2. The maximum Gasteiger partial charge on any atom is 0.528 e. The van der Waals surface area contributed by atoms with E-state index in [0.717, 1.165) is 0 Å². The molecule has 130 valence electrons. The highest BCUT2D eigenvalue weighted by Gasteiger charge is 2.44. The average Bonchev–Trinajstić information content (AvgIpc) is 2.44. The zero-order valence-electron chi connectivity index (χ0n) is 12.6. The van der Waals surface area contributed by atoms with Crippen LogP contribution in [0.25, 0.3) is 0 Å². The van der Waals surface area contributed by atoms with Gasteiger partial charge in [0.05, 0.1) is 12.2 Å². The van der Waals surface area contributed by atoms with Crippen molar-refractivity contribution in [2.24, 2.45) is 0 Å². The van der Waals surface area contributed by atoms with Gasteiger partial charge in [0.15, 0.2) is 0 Å². The third-order valence-corrected chi connectivity index (χ3v) is 3.22. The van der Waals surface area contributed by atoms with Crippen LogP contribution in [0.1, 0.15) is 40.0 Å². The number of aliphatic hydroxyl groups excluding tert-OH is 1. The van der Waals surface area contributed by atoms with Gasteiger partial charge in [0.1, 0.15) is 5.60 Å². The summed E-state index contributed by atoms with van der Waals surface area (Å²) in [4.78, 5) is 28.8. The molecule has 0 saturated carbocycles. The highest BCUT2D eigenvalue weighted by Crippen LogP contribution is 2.31. The average molecular weight is 326 g/mol. The summed E-state index contributed by atoms with van der Waals surface area (Å²) in [7, 11) is 0. The van der Waals surface area contributed by atoms with Crippen LogP contribution in [0.5, 0.6) is 0 Å². The van der Waals surface area contributed by atoms with Crippen molar-refractivity contribution in [1.82, 2.24) is 0 Å². The van der Waals surface area contributed by atoms with E-state index in [4.69, 9.17) is 15.3 Å². The zero-order valence-corrected chi connectivity index (χ0v) is 12.6. The van der Waals surface area contributed by atoms with Gasteiger partial charge < -0.3 is 35.0 Å². The van der Waals surface area contributed by atoms with E-state index in [1.807, 2.05) is 0 Å². The van der Waals surface area contributed by atoms with Crippen LogP contribution in [0, 0.1) is 0 Å². The first kappa shape index (κ1) is 22.4. The first-order valence-electron chi connectivity index (χ1n) is 6.43. The minimum Gasteiger partial charge on any atom is -0.449 e. The Kier molecular flexibility index (Phi) is 10.1. The molecule has 0 aromatic heterocycles. The molecule has 10 nitrogen and oxygen atoms in total. The minimum atomic E-state index is -1.92. The Balaban J connectivity index is 0. The summed E-state index contributed by atoms with van der Waals surface area (Å²) in [6.45, 7) is 4.98. The highest BCUT2D eigenvalue weighted by molar-refractivity contribution is 5.82. The number of carboxylic acid groups (broad SMARTS) is 2. The second-order valence-electron chi connectivity index (χ2n) is 4.27. The third-order valence-electron chi connectivity index (χ3n) is 3.22. The number of aliphatic hydroxyl groups is 3. The first-order valence-corrected chi connectivity index (χ1v) is 6.43. The van der Waals surface area contributed by atoms with Crippen molar-refractivity contribution >= 4 is 18.5 Å². The second kappa shape index (κ2) is 9.92. The number of ether oxygens (including phenoxy) is 2. The Morgan fingerprint density at radius 1 is 0.818 bits per heavy atom. The molecule has 0 aromatic rings. The van der Waals surface area contributed by atoms with Gasteiger partial charge in [0, 0.05) is 0 Å². The lowest BCUT2D eigenvalue weighted by atomic mass is 9.77. The number of carbonyl (C=O) groups excluding carboxylic acids is 1. The van der Waals surface area contributed by atoms with Gasteiger partial charge in [-0.05, 0) is 19.3 Å². The molecule has 0 bridgehead atoms. The first-order chi connectivity index (χ1) is 10.0. The number of hydrogen-bond donors (Lipinski definition) is 5. The molecule has 0 saturated heterocycles. The molecule has 0 aliphatic carbocycles. The van der Waals surface area contributed by atoms with Crippen molar-refractivity contribution in [2.45, 2.75) is 51.2 Å². The van der Waals surface area contributed by atoms with E-state index in [-0.39, 0.29) is 6.61 Å². The fraction of sp³-hybridized carbons (Fsp3) is 0.750. The van der Waals surface area contributed by atoms with E-state index in [9.17, 15) is 24.6 Å². The molecule has 1 unspecified atom stereocenters. The van der Waals surface area contributed by atoms with Gasteiger partial charge in [0.2, 0.25) is 0 Å². The molecule has 10 heteroatoms. The molecule has 0 aliphatic heterocycles. The van der Waals surface area contributed by atoms with Gasteiger partial charge in [0.25, 0.3) is 0 Å². The summed E-state index contributed by atoms with van der Waals surface area (Å²) < 4.78 is 6.47. The Bertz CT molecular complexity index is 336. The molecule has 0 radical (unpaired) electrons. The number of rotatable bonds is 5. The van der Waals surface area contributed by atoms with Gasteiger partial charge in [-0.3, -0.25) is 0 Å². The number of carbonyl (C=O) groups is 3. The molecule has 0 heterocycles. The van der Waals surface area contributed by atoms with Gasteiger partial charge in [-0.1, -0.05) is 20.8 Å². The molecule has 0 amide bonds. The van der Waals surface area contributed by atoms with E-state index >= 15 is 0 Å². The van der Waals surface area contributed by atoms with E-state index in [2.05, 4.69) is 9.47 Å². The molecule has 0 aromatic carbocycles. The van der Waals surface area contributed by atoms with Crippen LogP contribution in [-0.2, 0) is 9.47 Å². The van der Waals surface area contributed by atoms with Crippen LogP contribution in [-0.4, -0.2) is 61.8 Å². The lowest BCUT2D eigenvalue weighted by Crippen LogP contribution is -2.55. The smallest absolute Gasteiger partial charge is 0.449 e. The van der Waals surface area contributed by atoms with Crippen LogP contribution in [0.2, 0.25) is 0 Å². The summed E-state index contributed by atoms with van der Waals surface area (Å²) in [5, 5.41) is 44.1. The molecule has 22 heavy (non-hydrogen) atoms. The van der Waals surface area contributed by atoms with Gasteiger partial charge in [-0.15, -0.1) is 0 Å². The highest BCUT2D eigenvalue weighted by atomic mass is 16.8. The predicted molar refractivity (Wildman–Crippen MR) is 71.5 cm³/mol. The third kappa shape index (κ3) is 7.20. The minimum absolute atomic E-state index is 0.363. The zero-order chi connectivity index (χ0) is 18.0. The fourth-order valence-corrected chi connectivity index (χ4v) is 1.66. The van der Waals surface area contributed by atoms with Gasteiger partial charge >= 0.3 is 18.5 Å². The molecular formula is C12H22O10. The summed E-state index contributed by atoms with van der Waals surface area (Å²) in [6.07, 6.45) is -4.37. The SMILES string of the molecule is CCC(O)(CC)C(O)(CC)CO.O=C(O)OC(=O)OC(=O)O. The maximum absolute atomic E-state index is 9.94. The van der Waals surface area contributed by atoms with Crippen molar-refractivity contribution in [3.05, 3.63) is 0 Å². The van der Waals surface area contributed by atoms with E-state index in [1.54, 1.807) is 20.8 Å². The lowest BCUT2D eigenvalue weighted by molar-refractivity contribution is -0.176. The Morgan fingerprint density at radius 3 is 1.27 bits per heavy atom. The number of hydrogen-bond acceptors (Lipinski definition) is 8. The Labute approximate surface area is 126 Å². The fourth-order valence-electron chi connectivity index (χ4n) is 1.66. The summed E-state index contributed by atoms with van der Waals surface area (Å²) in [6, 6.07) is 0. The summed E-state index contributed by atoms with van der Waals surface area (Å²) in [5.41, 5.74) is -2.51. The Hall–Kier alpha value is -1.91. The second-order valence-corrected chi connectivity index (χ2v) is 4.27. The van der Waals surface area contributed by atoms with Crippen LogP contribution < -0.4 is 0 Å². The van der Waals surface area contributed by atoms with Crippen LogP contribution in [0.4, 0.5) is 14.4 Å². The van der Waals surface area contributed by atoms with Crippen molar-refractivity contribution in [3.63, 3.8) is 0 Å². The quantitative estimate of drug-likeness (QED) is 0.364. The van der Waals surface area contributed by atoms with E-state index in [1.165, 1.54) is 0 Å². The van der Waals surface area contributed by atoms with Crippen LogP contribution in [0.15, 0.2) is 0 Å². The molecule has 0 rings (SSSR count). The largest absolute Gasteiger partial charge is 0.528 e. The lowest BCUT2D eigenvalue weighted by Gasteiger charge is -2.41. The molecule has 0 fully saturated rings. The van der Waals surface area contributed by atoms with Crippen LogP contribution >= 0.6 is 0 Å². The summed E-state index contributed by atoms with van der Waals surface area (Å²) >= 11 is 0. The molecular weight excluding hydrogens is 304 g/mol. The molecule has 0 spiro atoms. The van der Waals surface area contributed by atoms with Crippen molar-refractivity contribution in [1.29, 1.82) is 0 Å². The maximum atomic E-state index is 9.94. The molecule has 1 atom stereocenters. The molecule has 0 aliphatic rings. The van der Waals surface area contributed by atoms with E-state index < -0.39 is 29.7 Å². The Morgan fingerprint density at radius 2 is 1.14 bits per heavy atom. The monoisotopic (exact) mass is 326 g/mol. The van der Waals surface area contributed by atoms with Crippen LogP contribution in [0.3, 0.4) is 0 Å². The van der Waals surface area contributed by atoms with Crippen molar-refractivity contribution < 1.29 is 49.4 Å². The molecule has 5 N–H and O–H groups in total. The van der Waals surface area contributed by atoms with Crippen molar-refractivity contribution in [2.75, 3.05) is 6.61 Å². The standard InChI is InChI=1S/C9H20O3.C3H2O7/c1-4-8(11,5-2)9(12,6-3)7-10;4-1(5)9-3(8)10-2(6)7/h10-12H,4-7H2,1-3H3;(H,4,5)(H,6,7). The summed E-state index contributed by atoms with van der Waals surface area (Å²) in [5.74, 6) is 0. The topological polar surface area (TPSA) is 171 Å². The van der Waals surface area contributed by atoms with Gasteiger partial charge in [-0.25, -0.2) is 14.4 Å². The van der Waals surface area contributed by atoms with Crippen molar-refractivity contribution in [3.8, 4) is 0 Å².